The molecule has 0 saturated carbocycles. The monoisotopic (exact) mass is 416 g/mol. The quantitative estimate of drug-likeness (QED) is 0.468. The van der Waals surface area contributed by atoms with E-state index in [4.69, 9.17) is 9.15 Å². The van der Waals surface area contributed by atoms with E-state index in [9.17, 15) is 14.4 Å². The number of anilines is 1. The molecular weight excluding hydrogens is 396 g/mol. The Morgan fingerprint density at radius 2 is 1.74 bits per heavy atom. The van der Waals surface area contributed by atoms with Gasteiger partial charge in [-0.05, 0) is 41.1 Å². The molecule has 7 heteroatoms. The Kier molecular flexibility index (Phi) is 5.66. The Morgan fingerprint density at radius 3 is 2.52 bits per heavy atom. The number of nitrogens with one attached hydrogen (secondary N) is 2. The van der Waals surface area contributed by atoms with E-state index in [1.807, 2.05) is 36.4 Å². The zero-order valence-corrected chi connectivity index (χ0v) is 16.8. The number of carbonyl (C=O) groups is 3. The standard InChI is InChI=1S/C24H20N2O5/c1-25-24(29)16-6-9-18(10-7-16)26-21(27)14-31-22(28)12-17-13-30-20-11-8-15-4-2-3-5-19(15)23(17)20/h2-11,13H,12,14H2,1H3,(H,25,29)(H,26,27). The predicted octanol–water partition coefficient (Wildman–Crippen LogP) is 3.67. The summed E-state index contributed by atoms with van der Waals surface area (Å²) in [6.45, 7) is -0.410. The van der Waals surface area contributed by atoms with Crippen molar-refractivity contribution >= 4 is 45.2 Å². The maximum Gasteiger partial charge on any atom is 0.310 e. The molecule has 7 nitrogen and oxygen atoms in total. The smallest absolute Gasteiger partial charge is 0.310 e. The summed E-state index contributed by atoms with van der Waals surface area (Å²) in [5, 5.41) is 8.07. The van der Waals surface area contributed by atoms with Crippen LogP contribution in [-0.4, -0.2) is 31.4 Å². The van der Waals surface area contributed by atoms with Crippen molar-refractivity contribution in [3.05, 3.63) is 78.1 Å². The second kappa shape index (κ2) is 8.71. The third-order valence-corrected chi connectivity index (χ3v) is 4.90. The topological polar surface area (TPSA) is 97.6 Å². The maximum atomic E-state index is 12.3. The molecule has 4 rings (SSSR count). The van der Waals surface area contributed by atoms with Gasteiger partial charge in [-0.2, -0.15) is 0 Å². The van der Waals surface area contributed by atoms with Crippen LogP contribution in [0.5, 0.6) is 0 Å². The lowest BCUT2D eigenvalue weighted by Crippen LogP contribution is -2.22. The van der Waals surface area contributed by atoms with Gasteiger partial charge < -0.3 is 19.8 Å². The van der Waals surface area contributed by atoms with Crippen LogP contribution in [0.3, 0.4) is 0 Å². The van der Waals surface area contributed by atoms with Crippen LogP contribution in [0.25, 0.3) is 21.7 Å². The molecule has 1 aromatic heterocycles. The molecule has 1 heterocycles. The number of furan rings is 1. The number of fused-ring (bicyclic) bond motifs is 3. The van der Waals surface area contributed by atoms with Crippen molar-refractivity contribution < 1.29 is 23.5 Å². The first kappa shape index (κ1) is 20.2. The summed E-state index contributed by atoms with van der Waals surface area (Å²) >= 11 is 0. The fourth-order valence-electron chi connectivity index (χ4n) is 3.40. The van der Waals surface area contributed by atoms with Crippen LogP contribution in [0.15, 0.2) is 71.3 Å². The molecule has 0 fully saturated rings. The van der Waals surface area contributed by atoms with Crippen LogP contribution in [0.1, 0.15) is 15.9 Å². The maximum absolute atomic E-state index is 12.3. The highest BCUT2D eigenvalue weighted by atomic mass is 16.5. The molecule has 0 bridgehead atoms. The molecule has 0 radical (unpaired) electrons. The zero-order valence-electron chi connectivity index (χ0n) is 16.8. The van der Waals surface area contributed by atoms with E-state index in [1.165, 1.54) is 0 Å². The molecule has 0 unspecified atom stereocenters. The summed E-state index contributed by atoms with van der Waals surface area (Å²) in [6.07, 6.45) is 1.54. The van der Waals surface area contributed by atoms with E-state index in [0.29, 0.717) is 22.4 Å². The van der Waals surface area contributed by atoms with Crippen LogP contribution in [0, 0.1) is 0 Å². The van der Waals surface area contributed by atoms with E-state index in [0.717, 1.165) is 16.2 Å². The first-order valence-corrected chi connectivity index (χ1v) is 9.70. The fourth-order valence-corrected chi connectivity index (χ4v) is 3.40. The SMILES string of the molecule is CNC(=O)c1ccc(NC(=O)COC(=O)Cc2coc3ccc4ccccc4c23)cc1. The number of hydrogen-bond acceptors (Lipinski definition) is 5. The number of amides is 2. The van der Waals surface area contributed by atoms with Crippen LogP contribution < -0.4 is 10.6 Å². The first-order valence-electron chi connectivity index (χ1n) is 9.70. The first-order chi connectivity index (χ1) is 15.0. The van der Waals surface area contributed by atoms with Gasteiger partial charge in [0.1, 0.15) is 5.58 Å². The molecular formula is C24H20N2O5. The molecule has 0 saturated heterocycles. The van der Waals surface area contributed by atoms with Gasteiger partial charge in [0, 0.05) is 29.2 Å². The molecule has 156 valence electrons. The van der Waals surface area contributed by atoms with Crippen molar-refractivity contribution in [2.24, 2.45) is 0 Å². The van der Waals surface area contributed by atoms with Gasteiger partial charge in [-0.15, -0.1) is 0 Å². The van der Waals surface area contributed by atoms with Crippen molar-refractivity contribution in [1.29, 1.82) is 0 Å². The zero-order chi connectivity index (χ0) is 21.8. The van der Waals surface area contributed by atoms with Gasteiger partial charge in [-0.3, -0.25) is 14.4 Å². The largest absolute Gasteiger partial charge is 0.464 e. The highest BCUT2D eigenvalue weighted by Gasteiger charge is 2.15. The summed E-state index contributed by atoms with van der Waals surface area (Å²) in [6, 6.07) is 18.1. The molecule has 0 aliphatic carbocycles. The van der Waals surface area contributed by atoms with Crippen LogP contribution >= 0.6 is 0 Å². The fraction of sp³-hybridized carbons (Fsp3) is 0.125. The van der Waals surface area contributed by atoms with Crippen molar-refractivity contribution in [1.82, 2.24) is 5.32 Å². The van der Waals surface area contributed by atoms with E-state index in [-0.39, 0.29) is 12.3 Å². The van der Waals surface area contributed by atoms with Crippen molar-refractivity contribution in [3.63, 3.8) is 0 Å². The van der Waals surface area contributed by atoms with Crippen LogP contribution in [0.4, 0.5) is 5.69 Å². The van der Waals surface area contributed by atoms with Crippen molar-refractivity contribution in [2.75, 3.05) is 19.0 Å². The molecule has 0 atom stereocenters. The van der Waals surface area contributed by atoms with Crippen molar-refractivity contribution in [2.45, 2.75) is 6.42 Å². The van der Waals surface area contributed by atoms with Gasteiger partial charge >= 0.3 is 5.97 Å². The molecule has 0 spiro atoms. The average molecular weight is 416 g/mol. The molecule has 0 aliphatic rings. The predicted molar refractivity (Wildman–Crippen MR) is 117 cm³/mol. The van der Waals surface area contributed by atoms with Gasteiger partial charge in [-0.25, -0.2) is 0 Å². The van der Waals surface area contributed by atoms with Crippen molar-refractivity contribution in [3.8, 4) is 0 Å². The summed E-state index contributed by atoms with van der Waals surface area (Å²) in [5.74, 6) is -1.21. The lowest BCUT2D eigenvalue weighted by Gasteiger charge is -2.07. The third kappa shape index (κ3) is 4.40. The summed E-state index contributed by atoms with van der Waals surface area (Å²) in [5.41, 5.74) is 2.38. The molecule has 2 amide bonds. The number of rotatable bonds is 6. The molecule has 3 aromatic carbocycles. The minimum atomic E-state index is -0.527. The minimum absolute atomic E-state index is 0.00485. The highest BCUT2D eigenvalue weighted by Crippen LogP contribution is 2.30. The number of hydrogen-bond donors (Lipinski definition) is 2. The van der Waals surface area contributed by atoms with Gasteiger partial charge in [0.25, 0.3) is 11.8 Å². The number of carbonyl (C=O) groups excluding carboxylic acids is 3. The third-order valence-electron chi connectivity index (χ3n) is 4.90. The van der Waals surface area contributed by atoms with Gasteiger partial charge in [0.05, 0.1) is 12.7 Å². The summed E-state index contributed by atoms with van der Waals surface area (Å²) < 4.78 is 10.7. The number of benzene rings is 3. The Balaban J connectivity index is 1.37. The number of ether oxygens (including phenoxy) is 1. The molecule has 2 N–H and O–H groups in total. The molecule has 0 aliphatic heterocycles. The summed E-state index contributed by atoms with van der Waals surface area (Å²) in [4.78, 5) is 36.0. The Hall–Kier alpha value is -4.13. The van der Waals surface area contributed by atoms with E-state index < -0.39 is 18.5 Å². The lowest BCUT2D eigenvalue weighted by atomic mass is 10.0. The number of esters is 1. The Morgan fingerprint density at radius 1 is 0.968 bits per heavy atom. The molecule has 31 heavy (non-hydrogen) atoms. The second-order valence-electron chi connectivity index (χ2n) is 6.96. The normalized spacial score (nSPS) is 10.7. The second-order valence-corrected chi connectivity index (χ2v) is 6.96. The summed E-state index contributed by atoms with van der Waals surface area (Å²) in [7, 11) is 1.54. The van der Waals surface area contributed by atoms with Crippen LogP contribution in [0.2, 0.25) is 0 Å². The minimum Gasteiger partial charge on any atom is -0.464 e. The highest BCUT2D eigenvalue weighted by molar-refractivity contribution is 6.08. The molecule has 4 aromatic rings. The Bertz CT molecular complexity index is 1270. The lowest BCUT2D eigenvalue weighted by molar-refractivity contribution is -0.146. The Labute approximate surface area is 178 Å². The van der Waals surface area contributed by atoms with E-state index in [1.54, 1.807) is 37.6 Å². The average Bonchev–Trinajstić information content (AvgIpc) is 3.21. The van der Waals surface area contributed by atoms with Gasteiger partial charge in [0.15, 0.2) is 6.61 Å². The van der Waals surface area contributed by atoms with Gasteiger partial charge in [0.2, 0.25) is 0 Å². The van der Waals surface area contributed by atoms with E-state index in [2.05, 4.69) is 10.6 Å². The van der Waals surface area contributed by atoms with Gasteiger partial charge in [-0.1, -0.05) is 30.3 Å². The van der Waals surface area contributed by atoms with E-state index >= 15 is 0 Å². The van der Waals surface area contributed by atoms with Crippen LogP contribution in [-0.2, 0) is 20.7 Å².